The number of hydrogen-bond donors (Lipinski definition) is 1. The Morgan fingerprint density at radius 2 is 1.80 bits per heavy atom. The fourth-order valence-corrected chi connectivity index (χ4v) is 3.10. The predicted molar refractivity (Wildman–Crippen MR) is 93.0 cm³/mol. The van der Waals surface area contributed by atoms with Crippen LogP contribution in [0.5, 0.6) is 11.5 Å². The lowest BCUT2D eigenvalue weighted by Crippen LogP contribution is -2.28. The van der Waals surface area contributed by atoms with Crippen molar-refractivity contribution in [3.63, 3.8) is 0 Å². The molecule has 128 valence electrons. The third-order valence-corrected chi connectivity index (χ3v) is 4.37. The van der Waals surface area contributed by atoms with E-state index in [-0.39, 0.29) is 24.2 Å². The lowest BCUT2D eigenvalue weighted by atomic mass is 10.1. The van der Waals surface area contributed by atoms with Crippen LogP contribution in [-0.2, 0) is 9.59 Å². The molecule has 6 heteroatoms. The molecule has 25 heavy (non-hydrogen) atoms. The van der Waals surface area contributed by atoms with E-state index in [1.54, 1.807) is 17.0 Å². The van der Waals surface area contributed by atoms with Gasteiger partial charge in [-0.1, -0.05) is 18.2 Å². The van der Waals surface area contributed by atoms with Crippen LogP contribution in [0.1, 0.15) is 6.42 Å². The summed E-state index contributed by atoms with van der Waals surface area (Å²) in [4.78, 5) is 26.5. The summed E-state index contributed by atoms with van der Waals surface area (Å²) in [5.74, 6) is 0.735. The number of benzene rings is 2. The normalized spacial score (nSPS) is 19.0. The zero-order valence-electron chi connectivity index (χ0n) is 13.6. The lowest BCUT2D eigenvalue weighted by molar-refractivity contribution is -0.122. The molecular weight excluding hydrogens is 320 g/mol. The van der Waals surface area contributed by atoms with Crippen molar-refractivity contribution in [2.24, 2.45) is 5.92 Å². The van der Waals surface area contributed by atoms with E-state index in [2.05, 4.69) is 5.32 Å². The first kappa shape index (κ1) is 15.5. The summed E-state index contributed by atoms with van der Waals surface area (Å²) in [6, 6.07) is 14.7. The van der Waals surface area contributed by atoms with Crippen molar-refractivity contribution in [3.8, 4) is 11.5 Å². The molecule has 2 aliphatic heterocycles. The van der Waals surface area contributed by atoms with E-state index in [1.807, 2.05) is 36.4 Å². The number of carbonyl (C=O) groups is 2. The Hall–Kier alpha value is -3.02. The van der Waals surface area contributed by atoms with Crippen LogP contribution < -0.4 is 19.7 Å². The third kappa shape index (κ3) is 3.15. The molecule has 1 fully saturated rings. The molecule has 2 heterocycles. The van der Waals surface area contributed by atoms with Gasteiger partial charge in [0.25, 0.3) is 0 Å². The average molecular weight is 338 g/mol. The molecule has 2 aromatic carbocycles. The van der Waals surface area contributed by atoms with Gasteiger partial charge in [0.15, 0.2) is 11.5 Å². The van der Waals surface area contributed by atoms with Gasteiger partial charge in [-0.05, 0) is 24.3 Å². The van der Waals surface area contributed by atoms with Crippen molar-refractivity contribution in [1.29, 1.82) is 0 Å². The van der Waals surface area contributed by atoms with Crippen molar-refractivity contribution in [2.45, 2.75) is 6.42 Å². The molecule has 0 aromatic heterocycles. The molecule has 6 nitrogen and oxygen atoms in total. The Labute approximate surface area is 145 Å². The minimum Gasteiger partial charge on any atom is -0.486 e. The number of para-hydroxylation sites is 1. The van der Waals surface area contributed by atoms with E-state index in [1.165, 1.54) is 0 Å². The van der Waals surface area contributed by atoms with Gasteiger partial charge in [-0.2, -0.15) is 0 Å². The minimum atomic E-state index is -0.374. The van der Waals surface area contributed by atoms with Crippen LogP contribution in [-0.4, -0.2) is 31.6 Å². The summed E-state index contributed by atoms with van der Waals surface area (Å²) in [7, 11) is 0. The van der Waals surface area contributed by atoms with Gasteiger partial charge in [0.05, 0.1) is 5.92 Å². The highest BCUT2D eigenvalue weighted by molar-refractivity contribution is 6.03. The second kappa shape index (κ2) is 6.47. The second-order valence-electron chi connectivity index (χ2n) is 6.09. The van der Waals surface area contributed by atoms with Crippen LogP contribution >= 0.6 is 0 Å². The van der Waals surface area contributed by atoms with E-state index in [9.17, 15) is 9.59 Å². The highest BCUT2D eigenvalue weighted by Crippen LogP contribution is 2.36. The summed E-state index contributed by atoms with van der Waals surface area (Å²) < 4.78 is 11.1. The highest BCUT2D eigenvalue weighted by Gasteiger charge is 2.35. The molecule has 0 radical (unpaired) electrons. The van der Waals surface area contributed by atoms with Crippen LogP contribution in [0.4, 0.5) is 11.4 Å². The number of carbonyl (C=O) groups excluding carboxylic acids is 2. The summed E-state index contributed by atoms with van der Waals surface area (Å²) in [6.07, 6.45) is 0.201. The smallest absolute Gasteiger partial charge is 0.229 e. The first-order valence-electron chi connectivity index (χ1n) is 8.26. The standard InChI is InChI=1S/C19H18N2O4/c22-18-10-13(19(23)20-14-4-2-1-3-5-14)12-21(18)15-6-7-16-17(11-15)25-9-8-24-16/h1-7,11,13H,8-10,12H2,(H,20,23)/t13-/m0/s1. The van der Waals surface area contributed by atoms with Crippen molar-refractivity contribution in [1.82, 2.24) is 0 Å². The molecule has 1 N–H and O–H groups in total. The Balaban J connectivity index is 1.48. The largest absolute Gasteiger partial charge is 0.486 e. The maximum absolute atomic E-state index is 12.4. The van der Waals surface area contributed by atoms with Crippen LogP contribution in [0.3, 0.4) is 0 Å². The average Bonchev–Trinajstić information content (AvgIpc) is 3.04. The first-order chi connectivity index (χ1) is 12.2. The van der Waals surface area contributed by atoms with Crippen molar-refractivity contribution >= 4 is 23.2 Å². The summed E-state index contributed by atoms with van der Waals surface area (Å²) >= 11 is 0. The molecule has 2 amide bonds. The molecule has 4 rings (SSSR count). The molecular formula is C19H18N2O4. The topological polar surface area (TPSA) is 67.9 Å². The lowest BCUT2D eigenvalue weighted by Gasteiger charge is -2.22. The third-order valence-electron chi connectivity index (χ3n) is 4.37. The van der Waals surface area contributed by atoms with Crippen molar-refractivity contribution < 1.29 is 19.1 Å². The predicted octanol–water partition coefficient (Wildman–Crippen LogP) is 2.45. The van der Waals surface area contributed by atoms with E-state index in [0.29, 0.717) is 31.3 Å². The number of anilines is 2. The second-order valence-corrected chi connectivity index (χ2v) is 6.09. The number of fused-ring (bicyclic) bond motifs is 1. The fourth-order valence-electron chi connectivity index (χ4n) is 3.10. The van der Waals surface area contributed by atoms with Gasteiger partial charge in [-0.25, -0.2) is 0 Å². The molecule has 0 spiro atoms. The van der Waals surface area contributed by atoms with Crippen molar-refractivity contribution in [2.75, 3.05) is 30.0 Å². The summed E-state index contributed by atoms with van der Waals surface area (Å²) in [5, 5.41) is 2.86. The van der Waals surface area contributed by atoms with Gasteiger partial charge >= 0.3 is 0 Å². The maximum Gasteiger partial charge on any atom is 0.229 e. The minimum absolute atomic E-state index is 0.0649. The molecule has 1 saturated heterocycles. The quantitative estimate of drug-likeness (QED) is 0.933. The Bertz CT molecular complexity index is 806. The maximum atomic E-state index is 12.4. The monoisotopic (exact) mass is 338 g/mol. The molecule has 1 atom stereocenters. The zero-order chi connectivity index (χ0) is 17.2. The number of nitrogens with one attached hydrogen (secondary N) is 1. The number of hydrogen-bond acceptors (Lipinski definition) is 4. The SMILES string of the molecule is O=C(Nc1ccccc1)[C@H]1CC(=O)N(c2ccc3c(c2)OCCO3)C1. The van der Waals surface area contributed by atoms with Crippen LogP contribution in [0.15, 0.2) is 48.5 Å². The van der Waals surface area contributed by atoms with E-state index >= 15 is 0 Å². The Morgan fingerprint density at radius 1 is 1.04 bits per heavy atom. The molecule has 0 bridgehead atoms. The van der Waals surface area contributed by atoms with Crippen molar-refractivity contribution in [3.05, 3.63) is 48.5 Å². The number of nitrogens with zero attached hydrogens (tertiary/aromatic N) is 1. The van der Waals surface area contributed by atoms with E-state index in [4.69, 9.17) is 9.47 Å². The van der Waals surface area contributed by atoms with Gasteiger partial charge in [0.2, 0.25) is 11.8 Å². The molecule has 0 aliphatic carbocycles. The van der Waals surface area contributed by atoms with Gasteiger partial charge in [-0.3, -0.25) is 9.59 Å². The molecule has 0 saturated carbocycles. The summed E-state index contributed by atoms with van der Waals surface area (Å²) in [5.41, 5.74) is 1.46. The fraction of sp³-hybridized carbons (Fsp3) is 0.263. The Morgan fingerprint density at radius 3 is 2.60 bits per heavy atom. The number of rotatable bonds is 3. The van der Waals surface area contributed by atoms with Crippen LogP contribution in [0.25, 0.3) is 0 Å². The van der Waals surface area contributed by atoms with E-state index in [0.717, 1.165) is 11.4 Å². The zero-order valence-corrected chi connectivity index (χ0v) is 13.6. The Kier molecular flexibility index (Phi) is 4.01. The van der Waals surface area contributed by atoms with Gasteiger partial charge in [0.1, 0.15) is 13.2 Å². The van der Waals surface area contributed by atoms with Gasteiger partial charge < -0.3 is 19.7 Å². The molecule has 0 unspecified atom stereocenters. The van der Waals surface area contributed by atoms with E-state index < -0.39 is 0 Å². The van der Waals surface area contributed by atoms with Gasteiger partial charge in [-0.15, -0.1) is 0 Å². The van der Waals surface area contributed by atoms with Crippen LogP contribution in [0, 0.1) is 5.92 Å². The number of amides is 2. The molecule has 2 aliphatic rings. The molecule has 2 aromatic rings. The first-order valence-corrected chi connectivity index (χ1v) is 8.26. The highest BCUT2D eigenvalue weighted by atomic mass is 16.6. The van der Waals surface area contributed by atoms with Crippen LogP contribution in [0.2, 0.25) is 0 Å². The van der Waals surface area contributed by atoms with Gasteiger partial charge in [0, 0.05) is 30.4 Å². The summed E-state index contributed by atoms with van der Waals surface area (Å²) in [6.45, 7) is 1.38. The number of ether oxygens (including phenoxy) is 2.